The molecule has 4 rings (SSSR count). The molecule has 2 heterocycles. The van der Waals surface area contributed by atoms with Gasteiger partial charge >= 0.3 is 0 Å². The first-order valence-corrected chi connectivity index (χ1v) is 12.0. The van der Waals surface area contributed by atoms with Gasteiger partial charge in [-0.15, -0.1) is 0 Å². The number of carbonyl (C=O) groups is 1. The second-order valence-corrected chi connectivity index (χ2v) is 9.22. The second kappa shape index (κ2) is 10.3. The third-order valence-electron chi connectivity index (χ3n) is 5.48. The number of amides is 1. The molecule has 0 radical (unpaired) electrons. The number of thioether (sulfide) groups is 1. The summed E-state index contributed by atoms with van der Waals surface area (Å²) in [5.74, 6) is -0.0233. The molecule has 0 aliphatic carbocycles. The van der Waals surface area contributed by atoms with Crippen molar-refractivity contribution in [3.8, 4) is 11.1 Å². The highest BCUT2D eigenvalue weighted by Gasteiger charge is 2.19. The molecule has 7 nitrogen and oxygen atoms in total. The van der Waals surface area contributed by atoms with Gasteiger partial charge in [-0.2, -0.15) is 0 Å². The normalized spacial score (nSPS) is 11.2. The van der Waals surface area contributed by atoms with E-state index in [1.807, 2.05) is 74.1 Å². The van der Waals surface area contributed by atoms with Gasteiger partial charge in [0.25, 0.3) is 5.56 Å². The molecule has 0 saturated carbocycles. The highest BCUT2D eigenvalue weighted by Crippen LogP contribution is 2.29. The van der Waals surface area contributed by atoms with Crippen molar-refractivity contribution in [1.29, 1.82) is 0 Å². The van der Waals surface area contributed by atoms with Crippen LogP contribution >= 0.6 is 11.8 Å². The van der Waals surface area contributed by atoms with Crippen LogP contribution in [-0.4, -0.2) is 39.5 Å². The monoisotopic (exact) mass is 476 g/mol. The largest absolute Gasteiger partial charge is 0.383 e. The predicted molar refractivity (Wildman–Crippen MR) is 138 cm³/mol. The quantitative estimate of drug-likeness (QED) is 0.301. The molecule has 0 saturated heterocycles. The number of fused-ring (bicyclic) bond motifs is 1. The van der Waals surface area contributed by atoms with E-state index in [2.05, 4.69) is 11.4 Å². The Hall–Kier alpha value is -3.36. The molecule has 0 aliphatic heterocycles. The number of aromatic nitrogens is 3. The fourth-order valence-electron chi connectivity index (χ4n) is 4.04. The first-order chi connectivity index (χ1) is 16.4. The second-order valence-electron chi connectivity index (χ2n) is 8.27. The van der Waals surface area contributed by atoms with Crippen LogP contribution in [0.4, 0.5) is 5.69 Å². The van der Waals surface area contributed by atoms with Crippen LogP contribution in [0, 0.1) is 13.8 Å². The van der Waals surface area contributed by atoms with Crippen molar-refractivity contribution < 1.29 is 9.53 Å². The number of methoxy groups -OCH3 is 1. The van der Waals surface area contributed by atoms with Gasteiger partial charge in [0.05, 0.1) is 18.9 Å². The fraction of sp³-hybridized carbons (Fsp3) is 0.269. The van der Waals surface area contributed by atoms with Crippen LogP contribution in [0.2, 0.25) is 0 Å². The number of anilines is 1. The summed E-state index contributed by atoms with van der Waals surface area (Å²) in [6.45, 7) is 4.71. The minimum atomic E-state index is -0.154. The minimum Gasteiger partial charge on any atom is -0.383 e. The van der Waals surface area contributed by atoms with Crippen molar-refractivity contribution >= 4 is 34.4 Å². The van der Waals surface area contributed by atoms with Gasteiger partial charge in [0.1, 0.15) is 11.0 Å². The summed E-state index contributed by atoms with van der Waals surface area (Å²) in [6.07, 6.45) is 1.93. The topological polar surface area (TPSA) is 78.2 Å². The molecule has 8 heteroatoms. The van der Waals surface area contributed by atoms with Crippen LogP contribution in [0.25, 0.3) is 22.2 Å². The Morgan fingerprint density at radius 3 is 2.50 bits per heavy atom. The summed E-state index contributed by atoms with van der Waals surface area (Å²) in [7, 11) is 3.44. The summed E-state index contributed by atoms with van der Waals surface area (Å²) in [5, 5.41) is 3.44. The van der Waals surface area contributed by atoms with E-state index in [1.54, 1.807) is 11.7 Å². The van der Waals surface area contributed by atoms with Crippen LogP contribution < -0.4 is 10.9 Å². The van der Waals surface area contributed by atoms with E-state index in [1.165, 1.54) is 11.8 Å². The highest BCUT2D eigenvalue weighted by atomic mass is 32.2. The Morgan fingerprint density at radius 2 is 1.82 bits per heavy atom. The predicted octanol–water partition coefficient (Wildman–Crippen LogP) is 4.40. The van der Waals surface area contributed by atoms with Gasteiger partial charge in [0.2, 0.25) is 5.91 Å². The number of nitrogens with one attached hydrogen (secondary N) is 1. The van der Waals surface area contributed by atoms with E-state index in [9.17, 15) is 9.59 Å². The van der Waals surface area contributed by atoms with Crippen molar-refractivity contribution in [1.82, 2.24) is 14.1 Å². The maximum Gasteiger partial charge on any atom is 0.278 e. The van der Waals surface area contributed by atoms with E-state index in [4.69, 9.17) is 9.72 Å². The first-order valence-electron chi connectivity index (χ1n) is 11.0. The zero-order valence-electron chi connectivity index (χ0n) is 19.8. The van der Waals surface area contributed by atoms with Crippen LogP contribution in [0.5, 0.6) is 0 Å². The van der Waals surface area contributed by atoms with Gasteiger partial charge in [-0.05, 0) is 42.7 Å². The summed E-state index contributed by atoms with van der Waals surface area (Å²) in [6, 6.07) is 15.8. The molecule has 1 amide bonds. The average Bonchev–Trinajstić information content (AvgIpc) is 3.13. The molecule has 0 fully saturated rings. The number of aryl methyl sites for hydroxylation is 3. The molecule has 0 spiro atoms. The van der Waals surface area contributed by atoms with Crippen molar-refractivity contribution in [3.05, 3.63) is 76.2 Å². The van der Waals surface area contributed by atoms with Gasteiger partial charge in [-0.1, -0.05) is 48.2 Å². The molecular weight excluding hydrogens is 448 g/mol. The molecule has 1 N–H and O–H groups in total. The molecule has 0 unspecified atom stereocenters. The third-order valence-corrected chi connectivity index (χ3v) is 6.46. The van der Waals surface area contributed by atoms with E-state index >= 15 is 0 Å². The smallest absolute Gasteiger partial charge is 0.278 e. The molecule has 2 aromatic heterocycles. The van der Waals surface area contributed by atoms with E-state index in [0.29, 0.717) is 29.3 Å². The number of ether oxygens (including phenoxy) is 1. The minimum absolute atomic E-state index is 0.130. The van der Waals surface area contributed by atoms with E-state index in [-0.39, 0.29) is 17.2 Å². The molecule has 4 aromatic rings. The standard InChI is InChI=1S/C26H28N4O3S/c1-17-12-18(2)14-20(13-17)27-22(31)16-34-26-28-23-21(19-8-6-5-7-9-19)15-29(3)24(23)25(32)30(26)10-11-33-4/h5-9,12-15H,10-11,16H2,1-4H3,(H,27,31). The van der Waals surface area contributed by atoms with Crippen LogP contribution in [-0.2, 0) is 23.1 Å². The Kier molecular flexibility index (Phi) is 7.19. The molecule has 2 aromatic carbocycles. The fourth-order valence-corrected chi connectivity index (χ4v) is 4.86. The highest BCUT2D eigenvalue weighted by molar-refractivity contribution is 7.99. The van der Waals surface area contributed by atoms with Crippen molar-refractivity contribution in [2.45, 2.75) is 25.5 Å². The molecule has 0 bridgehead atoms. The van der Waals surface area contributed by atoms with Gasteiger partial charge in [-0.3, -0.25) is 14.2 Å². The summed E-state index contributed by atoms with van der Waals surface area (Å²) in [5.41, 5.74) is 5.81. The third kappa shape index (κ3) is 5.08. The van der Waals surface area contributed by atoms with Crippen LogP contribution in [0.3, 0.4) is 0 Å². The van der Waals surface area contributed by atoms with Crippen molar-refractivity contribution in [3.63, 3.8) is 0 Å². The summed E-state index contributed by atoms with van der Waals surface area (Å²) in [4.78, 5) is 31.0. The number of benzene rings is 2. The lowest BCUT2D eigenvalue weighted by Gasteiger charge is -2.13. The Morgan fingerprint density at radius 1 is 1.12 bits per heavy atom. The van der Waals surface area contributed by atoms with Gasteiger partial charge in [0, 0.05) is 31.6 Å². The zero-order valence-corrected chi connectivity index (χ0v) is 20.6. The summed E-state index contributed by atoms with van der Waals surface area (Å²) < 4.78 is 8.63. The van der Waals surface area contributed by atoms with Crippen molar-refractivity contribution in [2.24, 2.45) is 7.05 Å². The van der Waals surface area contributed by atoms with Crippen molar-refractivity contribution in [2.75, 3.05) is 24.8 Å². The average molecular weight is 477 g/mol. The Balaban J connectivity index is 1.68. The van der Waals surface area contributed by atoms with E-state index in [0.717, 1.165) is 27.9 Å². The van der Waals surface area contributed by atoms with Gasteiger partial charge in [0.15, 0.2) is 5.16 Å². The maximum atomic E-state index is 13.5. The lowest BCUT2D eigenvalue weighted by molar-refractivity contribution is -0.113. The summed E-state index contributed by atoms with van der Waals surface area (Å²) >= 11 is 1.25. The van der Waals surface area contributed by atoms with E-state index < -0.39 is 0 Å². The number of hydrogen-bond donors (Lipinski definition) is 1. The SMILES string of the molecule is COCCn1c(SCC(=O)Nc2cc(C)cc(C)c2)nc2c(-c3ccccc3)cn(C)c2c1=O. The molecule has 0 atom stereocenters. The zero-order chi connectivity index (χ0) is 24.2. The van der Waals surface area contributed by atoms with Gasteiger partial charge < -0.3 is 14.6 Å². The number of carbonyl (C=O) groups excluding carboxylic acids is 1. The number of hydrogen-bond acceptors (Lipinski definition) is 5. The van der Waals surface area contributed by atoms with Crippen LogP contribution in [0.15, 0.2) is 64.7 Å². The first kappa shape index (κ1) is 23.8. The maximum absolute atomic E-state index is 13.5. The number of nitrogens with zero attached hydrogens (tertiary/aromatic N) is 3. The Labute approximate surface area is 202 Å². The lowest BCUT2D eigenvalue weighted by Crippen LogP contribution is -2.27. The lowest BCUT2D eigenvalue weighted by atomic mass is 10.1. The molecular formula is C26H28N4O3S. The number of rotatable bonds is 8. The molecule has 34 heavy (non-hydrogen) atoms. The Bertz CT molecular complexity index is 1370. The van der Waals surface area contributed by atoms with Crippen LogP contribution in [0.1, 0.15) is 11.1 Å². The van der Waals surface area contributed by atoms with Gasteiger partial charge in [-0.25, -0.2) is 4.98 Å². The molecule has 176 valence electrons. The molecule has 0 aliphatic rings.